The Bertz CT molecular complexity index is 719. The highest BCUT2D eigenvalue weighted by Crippen LogP contribution is 2.33. The van der Waals surface area contributed by atoms with Gasteiger partial charge >= 0.3 is 0 Å². The van der Waals surface area contributed by atoms with Gasteiger partial charge in [0.25, 0.3) is 5.69 Å². The summed E-state index contributed by atoms with van der Waals surface area (Å²) in [7, 11) is 0. The molecule has 0 radical (unpaired) electrons. The van der Waals surface area contributed by atoms with Gasteiger partial charge in [0.15, 0.2) is 6.79 Å². The fourth-order valence-electron chi connectivity index (χ4n) is 2.21. The van der Waals surface area contributed by atoms with E-state index in [1.807, 2.05) is 24.3 Å². The summed E-state index contributed by atoms with van der Waals surface area (Å²) in [5.74, 6) is 1.35. The second-order valence-corrected chi connectivity index (χ2v) is 5.84. The zero-order valence-corrected chi connectivity index (χ0v) is 13.6. The summed E-state index contributed by atoms with van der Waals surface area (Å²) in [5.41, 5.74) is 1.32. The van der Waals surface area contributed by atoms with Crippen molar-refractivity contribution in [3.8, 4) is 11.5 Å². The third kappa shape index (κ3) is 3.14. The second-order valence-electron chi connectivity index (χ2n) is 4.68. The highest BCUT2D eigenvalue weighted by Gasteiger charge is 2.21. The van der Waals surface area contributed by atoms with Crippen LogP contribution in [-0.2, 0) is 18.0 Å². The molecule has 0 spiro atoms. The normalized spacial score (nSPS) is 13.1. The predicted molar refractivity (Wildman–Crippen MR) is 86.9 cm³/mol. The van der Waals surface area contributed by atoms with Crippen LogP contribution >= 0.6 is 22.6 Å². The highest BCUT2D eigenvalue weighted by atomic mass is 127. The van der Waals surface area contributed by atoms with Gasteiger partial charge in [-0.3, -0.25) is 10.1 Å². The molecule has 22 heavy (non-hydrogen) atoms. The Labute approximate surface area is 140 Å². The van der Waals surface area contributed by atoms with Gasteiger partial charge in [-0.1, -0.05) is 12.1 Å². The average Bonchev–Trinajstić information content (AvgIpc) is 2.53. The number of benzene rings is 2. The van der Waals surface area contributed by atoms with Crippen LogP contribution < -0.4 is 9.47 Å². The quantitative estimate of drug-likeness (QED) is 0.435. The molecule has 1 heterocycles. The summed E-state index contributed by atoms with van der Waals surface area (Å²) in [6.07, 6.45) is 0. The van der Waals surface area contributed by atoms with E-state index in [1.165, 1.54) is 12.1 Å². The number of nitro groups is 1. The van der Waals surface area contributed by atoms with Crippen molar-refractivity contribution in [2.75, 3.05) is 6.79 Å². The van der Waals surface area contributed by atoms with Crippen molar-refractivity contribution in [2.24, 2.45) is 0 Å². The molecule has 2 aromatic carbocycles. The van der Waals surface area contributed by atoms with Crippen molar-refractivity contribution in [2.45, 2.75) is 13.2 Å². The number of nitrogens with zero attached hydrogens (tertiary/aromatic N) is 1. The molecule has 6 nitrogen and oxygen atoms in total. The monoisotopic (exact) mass is 413 g/mol. The largest absolute Gasteiger partial charge is 0.488 e. The van der Waals surface area contributed by atoms with Crippen LogP contribution in [0.2, 0.25) is 0 Å². The van der Waals surface area contributed by atoms with Crippen molar-refractivity contribution in [1.29, 1.82) is 0 Å². The van der Waals surface area contributed by atoms with E-state index in [1.54, 1.807) is 0 Å². The molecule has 0 unspecified atom stereocenters. The van der Waals surface area contributed by atoms with E-state index >= 15 is 0 Å². The van der Waals surface area contributed by atoms with Gasteiger partial charge in [0.2, 0.25) is 0 Å². The molecular weight excluding hydrogens is 401 g/mol. The first-order valence-corrected chi connectivity index (χ1v) is 7.61. The molecule has 0 fully saturated rings. The minimum absolute atomic E-state index is 0.00853. The zero-order valence-electron chi connectivity index (χ0n) is 11.5. The molecule has 0 saturated heterocycles. The molecule has 2 aromatic rings. The van der Waals surface area contributed by atoms with Crippen LogP contribution in [0.25, 0.3) is 0 Å². The molecule has 0 saturated carbocycles. The molecule has 0 aliphatic carbocycles. The Morgan fingerprint density at radius 3 is 2.91 bits per heavy atom. The fourth-order valence-corrected chi connectivity index (χ4v) is 2.75. The van der Waals surface area contributed by atoms with Crippen LogP contribution in [0.15, 0.2) is 36.4 Å². The summed E-state index contributed by atoms with van der Waals surface area (Å²) in [6.45, 7) is 0.637. The molecule has 0 atom stereocenters. The van der Waals surface area contributed by atoms with Crippen LogP contribution in [0.3, 0.4) is 0 Å². The third-order valence-corrected chi connectivity index (χ3v) is 4.09. The lowest BCUT2D eigenvalue weighted by molar-refractivity contribution is -0.385. The Morgan fingerprint density at radius 1 is 1.32 bits per heavy atom. The lowest BCUT2D eigenvalue weighted by Crippen LogP contribution is -2.14. The molecule has 0 N–H and O–H groups in total. The number of fused-ring (bicyclic) bond motifs is 1. The Morgan fingerprint density at radius 2 is 2.14 bits per heavy atom. The van der Waals surface area contributed by atoms with Crippen molar-refractivity contribution in [3.05, 3.63) is 61.2 Å². The Kier molecular flexibility index (Phi) is 4.44. The first-order chi connectivity index (χ1) is 10.6. The molecule has 1 aliphatic heterocycles. The summed E-state index contributed by atoms with van der Waals surface area (Å²) in [5, 5.41) is 11.0. The van der Waals surface area contributed by atoms with Crippen molar-refractivity contribution in [3.63, 3.8) is 0 Å². The third-order valence-electron chi connectivity index (χ3n) is 3.20. The van der Waals surface area contributed by atoms with E-state index in [-0.39, 0.29) is 19.1 Å². The van der Waals surface area contributed by atoms with Gasteiger partial charge in [-0.25, -0.2) is 0 Å². The van der Waals surface area contributed by atoms with E-state index in [0.717, 1.165) is 9.32 Å². The van der Waals surface area contributed by atoms with E-state index in [2.05, 4.69) is 22.6 Å². The molecule has 114 valence electrons. The van der Waals surface area contributed by atoms with Gasteiger partial charge < -0.3 is 14.2 Å². The van der Waals surface area contributed by atoms with E-state index in [4.69, 9.17) is 14.2 Å². The van der Waals surface area contributed by atoms with Crippen LogP contribution in [-0.4, -0.2) is 11.7 Å². The maximum atomic E-state index is 11.0. The maximum absolute atomic E-state index is 11.0. The van der Waals surface area contributed by atoms with Crippen molar-refractivity contribution in [1.82, 2.24) is 0 Å². The topological polar surface area (TPSA) is 70.8 Å². The first kappa shape index (κ1) is 15.0. The lowest BCUT2D eigenvalue weighted by atomic mass is 10.1. The van der Waals surface area contributed by atoms with Gasteiger partial charge in [0.1, 0.15) is 18.1 Å². The number of nitro benzene ring substituents is 1. The number of hydrogen-bond acceptors (Lipinski definition) is 5. The van der Waals surface area contributed by atoms with Crippen LogP contribution in [0.4, 0.5) is 5.69 Å². The number of hydrogen-bond donors (Lipinski definition) is 0. The Hall–Kier alpha value is -1.87. The molecule has 0 aromatic heterocycles. The molecule has 3 rings (SSSR count). The molecule has 0 bridgehead atoms. The summed E-state index contributed by atoms with van der Waals surface area (Å²) in [6, 6.07) is 10.6. The molecule has 0 amide bonds. The number of para-hydroxylation sites is 1. The fraction of sp³-hybridized carbons (Fsp3) is 0.200. The van der Waals surface area contributed by atoms with E-state index in [9.17, 15) is 10.1 Å². The van der Waals surface area contributed by atoms with Gasteiger partial charge in [0, 0.05) is 23.3 Å². The van der Waals surface area contributed by atoms with E-state index in [0.29, 0.717) is 23.5 Å². The smallest absolute Gasteiger partial charge is 0.270 e. The van der Waals surface area contributed by atoms with Crippen LogP contribution in [0, 0.1) is 13.7 Å². The SMILES string of the molecule is O=[N+]([O-])c1cc2c(c(COc3ccccc3I)c1)OCOC2. The number of non-ortho nitro benzene ring substituents is 1. The molecule has 1 aliphatic rings. The minimum atomic E-state index is -0.426. The standard InChI is InChI=1S/C15H12INO5/c16-13-3-1-2-4-14(13)21-8-11-6-12(17(18)19)5-10-7-20-9-22-15(10)11/h1-6H,7-9H2. The highest BCUT2D eigenvalue weighted by molar-refractivity contribution is 14.1. The summed E-state index contributed by atoms with van der Waals surface area (Å²) >= 11 is 2.18. The van der Waals surface area contributed by atoms with Gasteiger partial charge in [-0.05, 0) is 34.7 Å². The lowest BCUT2D eigenvalue weighted by Gasteiger charge is -2.20. The van der Waals surface area contributed by atoms with Gasteiger partial charge in [-0.2, -0.15) is 0 Å². The number of ether oxygens (including phenoxy) is 3. The average molecular weight is 413 g/mol. The van der Waals surface area contributed by atoms with Crippen LogP contribution in [0.1, 0.15) is 11.1 Å². The van der Waals surface area contributed by atoms with Crippen molar-refractivity contribution >= 4 is 28.3 Å². The second kappa shape index (κ2) is 6.49. The minimum Gasteiger partial charge on any atom is -0.488 e. The first-order valence-electron chi connectivity index (χ1n) is 6.53. The Balaban J connectivity index is 1.90. The van der Waals surface area contributed by atoms with Gasteiger partial charge in [0.05, 0.1) is 15.1 Å². The molecular formula is C15H12INO5. The number of halogens is 1. The van der Waals surface area contributed by atoms with E-state index < -0.39 is 4.92 Å². The van der Waals surface area contributed by atoms with Crippen LogP contribution in [0.5, 0.6) is 11.5 Å². The summed E-state index contributed by atoms with van der Waals surface area (Å²) < 4.78 is 17.4. The predicted octanol–water partition coefficient (Wildman–Crippen LogP) is 3.64. The summed E-state index contributed by atoms with van der Waals surface area (Å²) in [4.78, 5) is 10.6. The van der Waals surface area contributed by atoms with Gasteiger partial charge in [-0.15, -0.1) is 0 Å². The number of rotatable bonds is 4. The van der Waals surface area contributed by atoms with Crippen molar-refractivity contribution < 1.29 is 19.1 Å². The zero-order chi connectivity index (χ0) is 15.5. The molecule has 7 heteroatoms. The maximum Gasteiger partial charge on any atom is 0.270 e.